The lowest BCUT2D eigenvalue weighted by Gasteiger charge is -2.14. The second-order valence-corrected chi connectivity index (χ2v) is 6.00. The smallest absolute Gasteiger partial charge is 0.119 e. The van der Waals surface area contributed by atoms with Gasteiger partial charge in [0.2, 0.25) is 0 Å². The van der Waals surface area contributed by atoms with Crippen LogP contribution < -0.4 is 4.74 Å². The number of nitrogens with zero attached hydrogens (tertiary/aromatic N) is 1. The van der Waals surface area contributed by atoms with Crippen LogP contribution in [0.5, 0.6) is 5.75 Å². The highest BCUT2D eigenvalue weighted by Crippen LogP contribution is 2.21. The van der Waals surface area contributed by atoms with Gasteiger partial charge in [-0.1, -0.05) is 0 Å². The van der Waals surface area contributed by atoms with E-state index in [2.05, 4.69) is 28.7 Å². The molecule has 0 aliphatic carbocycles. The van der Waals surface area contributed by atoms with Crippen LogP contribution >= 0.6 is 22.6 Å². The molecule has 0 fully saturated rings. The monoisotopic (exact) mass is 343 g/mol. The lowest BCUT2D eigenvalue weighted by atomic mass is 9.89. The van der Waals surface area contributed by atoms with Crippen molar-refractivity contribution in [3.63, 3.8) is 0 Å². The summed E-state index contributed by atoms with van der Waals surface area (Å²) < 4.78 is 6.84. The summed E-state index contributed by atoms with van der Waals surface area (Å²) >= 11 is 2.27. The summed E-state index contributed by atoms with van der Waals surface area (Å²) in [5.74, 6) is 0.921. The molecule has 1 aromatic carbocycles. The molecule has 0 spiro atoms. The van der Waals surface area contributed by atoms with E-state index in [1.54, 1.807) is 0 Å². The number of rotatable bonds is 6. The van der Waals surface area contributed by atoms with Crippen LogP contribution in [0, 0.1) is 20.3 Å². The molecule has 0 heterocycles. The summed E-state index contributed by atoms with van der Waals surface area (Å²) in [6, 6.07) is 10.4. The van der Waals surface area contributed by atoms with Gasteiger partial charge >= 0.3 is 0 Å². The number of ether oxygens (including phenoxy) is 1. The molecule has 0 atom stereocenters. The number of nitriles is 1. The minimum atomic E-state index is -0.205. The molecule has 0 N–H and O–H groups in total. The van der Waals surface area contributed by atoms with Crippen LogP contribution in [0.15, 0.2) is 24.3 Å². The first-order valence-corrected chi connectivity index (χ1v) is 6.91. The van der Waals surface area contributed by atoms with Crippen LogP contribution in [-0.4, -0.2) is 6.61 Å². The highest BCUT2D eigenvalue weighted by Gasteiger charge is 2.15. The van der Waals surface area contributed by atoms with Crippen LogP contribution in [-0.2, 0) is 0 Å². The van der Waals surface area contributed by atoms with Crippen LogP contribution in [0.1, 0.15) is 33.1 Å². The standard InChI is InChI=1S/C14H18INO/c1-14(2,11-16)9-3-4-10-17-13-7-5-12(15)6-8-13/h5-8H,3-4,9-10H2,1-2H3. The van der Waals surface area contributed by atoms with Gasteiger partial charge in [0.15, 0.2) is 0 Å². The maximum Gasteiger partial charge on any atom is 0.119 e. The lowest BCUT2D eigenvalue weighted by molar-refractivity contribution is 0.295. The normalized spacial score (nSPS) is 10.9. The second-order valence-electron chi connectivity index (χ2n) is 4.76. The maximum absolute atomic E-state index is 8.87. The topological polar surface area (TPSA) is 33.0 Å². The molecule has 0 unspecified atom stereocenters. The Bertz CT molecular complexity index is 378. The lowest BCUT2D eigenvalue weighted by Crippen LogP contribution is -2.08. The van der Waals surface area contributed by atoms with E-state index < -0.39 is 0 Å². The number of hydrogen-bond donors (Lipinski definition) is 0. The Balaban J connectivity index is 2.17. The summed E-state index contributed by atoms with van der Waals surface area (Å²) in [7, 11) is 0. The Labute approximate surface area is 117 Å². The number of benzene rings is 1. The minimum absolute atomic E-state index is 0.205. The molecule has 0 saturated carbocycles. The van der Waals surface area contributed by atoms with Gasteiger partial charge in [0.1, 0.15) is 5.75 Å². The van der Waals surface area contributed by atoms with E-state index in [9.17, 15) is 0 Å². The largest absolute Gasteiger partial charge is 0.494 e. The predicted octanol–water partition coefficient (Wildman–Crippen LogP) is 4.39. The molecule has 2 nitrogen and oxygen atoms in total. The first-order chi connectivity index (χ1) is 8.03. The van der Waals surface area contributed by atoms with E-state index in [1.165, 1.54) is 3.57 Å². The van der Waals surface area contributed by atoms with Crippen molar-refractivity contribution < 1.29 is 4.74 Å². The second kappa shape index (κ2) is 6.85. The Morgan fingerprint density at radius 2 is 1.88 bits per heavy atom. The van der Waals surface area contributed by atoms with Crippen LogP contribution in [0.3, 0.4) is 0 Å². The van der Waals surface area contributed by atoms with Crippen molar-refractivity contribution in [3.05, 3.63) is 27.8 Å². The van der Waals surface area contributed by atoms with Crippen molar-refractivity contribution in [3.8, 4) is 11.8 Å². The third-order valence-corrected chi connectivity index (χ3v) is 3.30. The first-order valence-electron chi connectivity index (χ1n) is 5.83. The van der Waals surface area contributed by atoms with Crippen molar-refractivity contribution in [2.24, 2.45) is 5.41 Å². The minimum Gasteiger partial charge on any atom is -0.494 e. The van der Waals surface area contributed by atoms with Gasteiger partial charge < -0.3 is 4.74 Å². The molecule has 0 aromatic heterocycles. The summed E-state index contributed by atoms with van der Waals surface area (Å²) in [5, 5.41) is 8.87. The predicted molar refractivity (Wildman–Crippen MR) is 77.9 cm³/mol. The zero-order chi connectivity index (χ0) is 12.7. The van der Waals surface area contributed by atoms with Gasteiger partial charge in [0.05, 0.1) is 18.1 Å². The number of halogens is 1. The molecule has 0 amide bonds. The quantitative estimate of drug-likeness (QED) is 0.567. The average molecular weight is 343 g/mol. The van der Waals surface area contributed by atoms with Gasteiger partial charge in [-0.2, -0.15) is 5.26 Å². The molecule has 3 heteroatoms. The highest BCUT2D eigenvalue weighted by atomic mass is 127. The Morgan fingerprint density at radius 3 is 2.47 bits per heavy atom. The summed E-state index contributed by atoms with van der Waals surface area (Å²) in [6.45, 7) is 4.68. The van der Waals surface area contributed by atoms with Crippen LogP contribution in [0.2, 0.25) is 0 Å². The van der Waals surface area contributed by atoms with Gasteiger partial charge in [0, 0.05) is 3.57 Å². The maximum atomic E-state index is 8.87. The number of unbranched alkanes of at least 4 members (excludes halogenated alkanes) is 1. The van der Waals surface area contributed by atoms with Crippen LogP contribution in [0.25, 0.3) is 0 Å². The van der Waals surface area contributed by atoms with Gasteiger partial charge in [-0.15, -0.1) is 0 Å². The molecular formula is C14H18INO. The molecule has 0 aliphatic heterocycles. The molecule has 0 radical (unpaired) electrons. The van der Waals surface area contributed by atoms with Gasteiger partial charge in [-0.3, -0.25) is 0 Å². The van der Waals surface area contributed by atoms with Crippen molar-refractivity contribution in [1.29, 1.82) is 5.26 Å². The summed E-state index contributed by atoms with van der Waals surface area (Å²) in [5.41, 5.74) is -0.205. The molecule has 0 aliphatic rings. The molecule has 17 heavy (non-hydrogen) atoms. The van der Waals surface area contributed by atoms with E-state index in [4.69, 9.17) is 10.00 Å². The molecule has 0 bridgehead atoms. The summed E-state index contributed by atoms with van der Waals surface area (Å²) in [4.78, 5) is 0. The van der Waals surface area contributed by atoms with Crippen molar-refractivity contribution in [2.45, 2.75) is 33.1 Å². The SMILES string of the molecule is CC(C)(C#N)CCCCOc1ccc(I)cc1. The fraction of sp³-hybridized carbons (Fsp3) is 0.500. The van der Waals surface area contributed by atoms with Crippen molar-refractivity contribution in [1.82, 2.24) is 0 Å². The highest BCUT2D eigenvalue weighted by molar-refractivity contribution is 14.1. The van der Waals surface area contributed by atoms with E-state index in [1.807, 2.05) is 38.1 Å². The van der Waals surface area contributed by atoms with E-state index in [0.717, 1.165) is 31.6 Å². The first kappa shape index (κ1) is 14.3. The van der Waals surface area contributed by atoms with Gasteiger partial charge in [0.25, 0.3) is 0 Å². The average Bonchev–Trinajstić information content (AvgIpc) is 2.31. The Kier molecular flexibility index (Phi) is 5.76. The fourth-order valence-electron chi connectivity index (χ4n) is 1.45. The zero-order valence-corrected chi connectivity index (χ0v) is 12.5. The number of hydrogen-bond acceptors (Lipinski definition) is 2. The summed E-state index contributed by atoms with van der Waals surface area (Å²) in [6.07, 6.45) is 2.96. The van der Waals surface area contributed by atoms with Crippen LogP contribution in [0.4, 0.5) is 0 Å². The molecule has 1 rings (SSSR count). The Hall–Kier alpha value is -0.760. The fourth-order valence-corrected chi connectivity index (χ4v) is 1.81. The molecular weight excluding hydrogens is 325 g/mol. The van der Waals surface area contributed by atoms with Gasteiger partial charge in [-0.25, -0.2) is 0 Å². The third-order valence-electron chi connectivity index (χ3n) is 2.58. The molecule has 1 aromatic rings. The van der Waals surface area contributed by atoms with E-state index in [0.29, 0.717) is 0 Å². The zero-order valence-electron chi connectivity index (χ0n) is 10.4. The Morgan fingerprint density at radius 1 is 1.24 bits per heavy atom. The van der Waals surface area contributed by atoms with Crippen molar-refractivity contribution in [2.75, 3.05) is 6.61 Å². The molecule has 0 saturated heterocycles. The molecule has 92 valence electrons. The third kappa shape index (κ3) is 5.92. The van der Waals surface area contributed by atoms with E-state index >= 15 is 0 Å². The van der Waals surface area contributed by atoms with E-state index in [-0.39, 0.29) is 5.41 Å². The van der Waals surface area contributed by atoms with Gasteiger partial charge in [-0.05, 0) is 80.0 Å². The van der Waals surface area contributed by atoms with Crippen molar-refractivity contribution >= 4 is 22.6 Å².